The highest BCUT2D eigenvalue weighted by Gasteiger charge is 2.49. The van der Waals surface area contributed by atoms with Crippen molar-refractivity contribution in [1.29, 1.82) is 0 Å². The van der Waals surface area contributed by atoms with Gasteiger partial charge in [0.2, 0.25) is 0 Å². The van der Waals surface area contributed by atoms with E-state index < -0.39 is 10.8 Å². The standard InChI is InChI=1S/C110H108N2/c1-7-11-15-20-28-79-38-51-89(52-39-79)109(90-53-40-80(41-54-90)29-21-16-12-8-2)103-70-77(5)36-64-97(103)99-66-62-95(75-105(99)109)111(93-59-46-85(47-60-93)88-50-69-108-102(74-88)101-73-87(83-32-24-19-25-33-83)49-68-107(101)112(108)94-61-48-84-34-26-27-35-86(84)72-94)96-63-67-100-98-65-37-78(6)71-104(98)110(106(100)76-96,91-55-42-81(43-56-91)30-22-17-13-9-3)92-57-44-82(45-58-92)31-23-18-14-10-4/h19,24-27,32-76H,7-18,20-23,28-31H2,1-6H3. The van der Waals surface area contributed by atoms with Gasteiger partial charge in [0, 0.05) is 33.5 Å². The SMILES string of the molecule is CCCCCCc1ccc(C2(c3ccc(CCCCCC)cc3)c3cc(C)ccc3-c3ccc(N(c4ccc(-c5ccc6c(c5)c5cc(-c7ccccc7)ccc5n6-c5ccc6ccccc6c5)cc4)c4ccc5c(c4)C(c4ccc(CCCCCC)cc4)(c4ccc(CCCCCC)cc4)c4cc(C)ccc4-5)cc32)cc1. The molecular weight excluding hydrogens is 1350 g/mol. The molecule has 15 aromatic rings. The second kappa shape index (κ2) is 32.7. The van der Waals surface area contributed by atoms with E-state index in [9.17, 15) is 0 Å². The molecule has 2 heteroatoms. The van der Waals surface area contributed by atoms with Crippen LogP contribution in [-0.2, 0) is 36.5 Å². The zero-order chi connectivity index (χ0) is 76.1. The minimum atomic E-state index is -0.626. The third-order valence-electron chi connectivity index (χ3n) is 25.2. The zero-order valence-corrected chi connectivity index (χ0v) is 66.9. The average Bonchev–Trinajstić information content (AvgIpc) is 1.53. The van der Waals surface area contributed by atoms with Crippen molar-refractivity contribution >= 4 is 49.6 Å². The molecule has 112 heavy (non-hydrogen) atoms. The topological polar surface area (TPSA) is 8.17 Å². The lowest BCUT2D eigenvalue weighted by Gasteiger charge is -2.36. The van der Waals surface area contributed by atoms with Gasteiger partial charge in [-0.05, 0) is 260 Å². The molecule has 0 bridgehead atoms. The normalized spacial score (nSPS) is 13.1. The Hall–Kier alpha value is -11.1. The van der Waals surface area contributed by atoms with Gasteiger partial charge in [-0.1, -0.05) is 346 Å². The first-order valence-corrected chi connectivity index (χ1v) is 42.6. The quantitative estimate of drug-likeness (QED) is 0.0407. The van der Waals surface area contributed by atoms with E-state index in [4.69, 9.17) is 0 Å². The Morgan fingerprint density at radius 3 is 1.01 bits per heavy atom. The van der Waals surface area contributed by atoms with E-state index in [1.165, 1.54) is 258 Å². The Morgan fingerprint density at radius 1 is 0.259 bits per heavy atom. The Kier molecular flexibility index (Phi) is 21.5. The average molecular weight is 1460 g/mol. The van der Waals surface area contributed by atoms with E-state index >= 15 is 0 Å². The second-order valence-corrected chi connectivity index (χ2v) is 32.7. The van der Waals surface area contributed by atoms with Crippen LogP contribution < -0.4 is 4.90 Å². The van der Waals surface area contributed by atoms with Gasteiger partial charge in [-0.15, -0.1) is 0 Å². The molecule has 558 valence electrons. The highest BCUT2D eigenvalue weighted by molar-refractivity contribution is 6.12. The summed E-state index contributed by atoms with van der Waals surface area (Å²) in [5.41, 5.74) is 34.3. The van der Waals surface area contributed by atoms with Crippen molar-refractivity contribution in [3.8, 4) is 50.2 Å². The number of hydrogen-bond donors (Lipinski definition) is 0. The van der Waals surface area contributed by atoms with Crippen LogP contribution in [0.25, 0.3) is 82.8 Å². The minimum Gasteiger partial charge on any atom is -0.310 e. The van der Waals surface area contributed by atoms with Crippen molar-refractivity contribution in [3.05, 3.63) is 381 Å². The first-order chi connectivity index (χ1) is 55.2. The maximum atomic E-state index is 2.61. The summed E-state index contributed by atoms with van der Waals surface area (Å²) in [7, 11) is 0. The molecule has 2 aliphatic carbocycles. The summed E-state index contributed by atoms with van der Waals surface area (Å²) in [6.45, 7) is 13.8. The number of fused-ring (bicyclic) bond motifs is 10. The number of benzene rings is 14. The van der Waals surface area contributed by atoms with E-state index in [0.717, 1.165) is 48.4 Å². The molecule has 0 N–H and O–H groups in total. The molecule has 2 nitrogen and oxygen atoms in total. The predicted molar refractivity (Wildman–Crippen MR) is 479 cm³/mol. The maximum absolute atomic E-state index is 2.61. The molecule has 17 rings (SSSR count). The second-order valence-electron chi connectivity index (χ2n) is 32.7. The van der Waals surface area contributed by atoms with Gasteiger partial charge in [0.1, 0.15) is 0 Å². The van der Waals surface area contributed by atoms with Gasteiger partial charge in [-0.25, -0.2) is 0 Å². The van der Waals surface area contributed by atoms with Crippen LogP contribution in [0.1, 0.15) is 208 Å². The first-order valence-electron chi connectivity index (χ1n) is 42.6. The van der Waals surface area contributed by atoms with Crippen molar-refractivity contribution in [2.45, 2.75) is 181 Å². The van der Waals surface area contributed by atoms with Crippen molar-refractivity contribution in [2.24, 2.45) is 0 Å². The Bertz CT molecular complexity index is 5480. The number of aromatic nitrogens is 1. The minimum absolute atomic E-state index is 0.626. The fraction of sp³-hybridized carbons (Fsp3) is 0.255. The van der Waals surface area contributed by atoms with Gasteiger partial charge in [-0.3, -0.25) is 0 Å². The molecular formula is C110H108N2. The van der Waals surface area contributed by atoms with E-state index in [0.29, 0.717) is 0 Å². The molecule has 0 radical (unpaired) electrons. The number of aryl methyl sites for hydroxylation is 6. The molecule has 0 aliphatic heterocycles. The molecule has 0 fully saturated rings. The van der Waals surface area contributed by atoms with Crippen LogP contribution in [0.15, 0.2) is 303 Å². The highest BCUT2D eigenvalue weighted by Crippen LogP contribution is 2.60. The number of hydrogen-bond acceptors (Lipinski definition) is 1. The monoisotopic (exact) mass is 1460 g/mol. The predicted octanol–water partition coefficient (Wildman–Crippen LogP) is 30.6. The van der Waals surface area contributed by atoms with Crippen LogP contribution in [0.4, 0.5) is 17.1 Å². The van der Waals surface area contributed by atoms with Gasteiger partial charge in [0.15, 0.2) is 0 Å². The fourth-order valence-electron chi connectivity index (χ4n) is 19.3. The van der Waals surface area contributed by atoms with Crippen LogP contribution >= 0.6 is 0 Å². The molecule has 2 aliphatic rings. The van der Waals surface area contributed by atoms with Crippen molar-refractivity contribution < 1.29 is 0 Å². The largest absolute Gasteiger partial charge is 0.310 e. The van der Waals surface area contributed by atoms with Gasteiger partial charge in [0.05, 0.1) is 21.9 Å². The maximum Gasteiger partial charge on any atom is 0.0714 e. The summed E-state index contributed by atoms with van der Waals surface area (Å²) in [6.07, 6.45) is 24.3. The van der Waals surface area contributed by atoms with Crippen LogP contribution in [0.2, 0.25) is 0 Å². The number of rotatable bonds is 30. The fourth-order valence-corrected chi connectivity index (χ4v) is 19.3. The number of unbranched alkanes of at least 4 members (excludes halogenated alkanes) is 12. The lowest BCUT2D eigenvalue weighted by atomic mass is 9.67. The molecule has 0 atom stereocenters. The molecule has 14 aromatic carbocycles. The summed E-state index contributed by atoms with van der Waals surface area (Å²) < 4.78 is 2.47. The van der Waals surface area contributed by atoms with E-state index in [2.05, 4.69) is 354 Å². The van der Waals surface area contributed by atoms with Crippen LogP contribution in [0.5, 0.6) is 0 Å². The molecule has 0 saturated heterocycles. The van der Waals surface area contributed by atoms with Gasteiger partial charge in [-0.2, -0.15) is 0 Å². The first kappa shape index (κ1) is 73.7. The van der Waals surface area contributed by atoms with Crippen LogP contribution in [0, 0.1) is 13.8 Å². The molecule has 0 unspecified atom stereocenters. The number of anilines is 3. The molecule has 0 saturated carbocycles. The summed E-state index contributed by atoms with van der Waals surface area (Å²) >= 11 is 0. The van der Waals surface area contributed by atoms with Crippen LogP contribution in [0.3, 0.4) is 0 Å². The summed E-state index contributed by atoms with van der Waals surface area (Å²) in [4.78, 5) is 2.60. The molecule has 0 spiro atoms. The third-order valence-corrected chi connectivity index (χ3v) is 25.2. The van der Waals surface area contributed by atoms with Crippen molar-refractivity contribution in [2.75, 3.05) is 4.90 Å². The van der Waals surface area contributed by atoms with E-state index in [1.807, 2.05) is 0 Å². The third kappa shape index (κ3) is 13.9. The van der Waals surface area contributed by atoms with Gasteiger partial charge in [0.25, 0.3) is 0 Å². The lowest BCUT2D eigenvalue weighted by molar-refractivity contribution is 0.666. The van der Waals surface area contributed by atoms with Crippen molar-refractivity contribution in [3.63, 3.8) is 0 Å². The molecule has 1 aromatic heterocycles. The summed E-state index contributed by atoms with van der Waals surface area (Å²) in [5.74, 6) is 0. The number of nitrogens with zero attached hydrogens (tertiary/aromatic N) is 2. The Balaban J connectivity index is 0.868. The smallest absolute Gasteiger partial charge is 0.0714 e. The van der Waals surface area contributed by atoms with Crippen molar-refractivity contribution in [1.82, 2.24) is 4.57 Å². The summed E-state index contributed by atoms with van der Waals surface area (Å²) in [5, 5.41) is 4.93. The van der Waals surface area contributed by atoms with E-state index in [1.54, 1.807) is 0 Å². The van der Waals surface area contributed by atoms with Gasteiger partial charge >= 0.3 is 0 Å². The molecule has 0 amide bonds. The van der Waals surface area contributed by atoms with Crippen LogP contribution in [-0.4, -0.2) is 4.57 Å². The Labute approximate surface area is 666 Å². The van der Waals surface area contributed by atoms with E-state index in [-0.39, 0.29) is 0 Å². The highest BCUT2D eigenvalue weighted by atomic mass is 15.1. The lowest BCUT2D eigenvalue weighted by Crippen LogP contribution is -2.29. The van der Waals surface area contributed by atoms with Gasteiger partial charge < -0.3 is 9.47 Å². The molecule has 1 heterocycles. The zero-order valence-electron chi connectivity index (χ0n) is 66.9. The Morgan fingerprint density at radius 2 is 0.607 bits per heavy atom. The summed E-state index contributed by atoms with van der Waals surface area (Å²) in [6, 6.07) is 119.